The summed E-state index contributed by atoms with van der Waals surface area (Å²) in [6.45, 7) is 0. The zero-order chi connectivity index (χ0) is 23.7. The molecule has 0 radical (unpaired) electrons. The third-order valence-electron chi connectivity index (χ3n) is 6.76. The van der Waals surface area contributed by atoms with E-state index in [9.17, 15) is 14.4 Å². The summed E-state index contributed by atoms with van der Waals surface area (Å²) in [5.41, 5.74) is 2.06. The van der Waals surface area contributed by atoms with Crippen molar-refractivity contribution in [3.05, 3.63) is 53.9 Å². The summed E-state index contributed by atoms with van der Waals surface area (Å²) in [4.78, 5) is 47.6. The van der Waals surface area contributed by atoms with Gasteiger partial charge in [0.25, 0.3) is 11.8 Å². The van der Waals surface area contributed by atoms with Crippen LogP contribution < -0.4 is 15.5 Å². The summed E-state index contributed by atoms with van der Waals surface area (Å²) < 4.78 is 0. The van der Waals surface area contributed by atoms with Crippen LogP contribution in [0.3, 0.4) is 0 Å². The maximum atomic E-state index is 13.1. The van der Waals surface area contributed by atoms with Crippen LogP contribution in [0.1, 0.15) is 65.8 Å². The van der Waals surface area contributed by atoms with Gasteiger partial charge in [0, 0.05) is 42.3 Å². The zero-order valence-electron chi connectivity index (χ0n) is 19.3. The molecule has 0 aliphatic heterocycles. The van der Waals surface area contributed by atoms with Crippen molar-refractivity contribution in [3.8, 4) is 0 Å². The molecule has 3 aromatic rings. The molecule has 0 spiro atoms. The Balaban J connectivity index is 1.44. The molecular weight excluding hydrogens is 430 g/mol. The Morgan fingerprint density at radius 3 is 2.56 bits per heavy atom. The normalized spacial score (nSPS) is 15.9. The topological polar surface area (TPSA) is 107 Å². The van der Waals surface area contributed by atoms with Crippen LogP contribution in [0, 0.1) is 5.92 Å². The number of benzene rings is 1. The predicted molar refractivity (Wildman–Crippen MR) is 131 cm³/mol. The number of carbonyl (C=O) groups is 3. The van der Waals surface area contributed by atoms with Crippen LogP contribution in [0.4, 0.5) is 11.5 Å². The van der Waals surface area contributed by atoms with E-state index in [-0.39, 0.29) is 23.6 Å². The molecule has 2 aliphatic carbocycles. The number of nitrogens with one attached hydrogen (secondary N) is 3. The molecule has 0 atom stereocenters. The molecule has 1 aromatic carbocycles. The summed E-state index contributed by atoms with van der Waals surface area (Å²) >= 11 is 0. The first-order valence-electron chi connectivity index (χ1n) is 11.9. The first-order valence-corrected chi connectivity index (χ1v) is 11.9. The Morgan fingerprint density at radius 1 is 1.06 bits per heavy atom. The van der Waals surface area contributed by atoms with Crippen LogP contribution in [-0.2, 0) is 4.79 Å². The number of fused-ring (bicyclic) bond motifs is 1. The average Bonchev–Trinajstić information content (AvgIpc) is 3.36. The molecular formula is C26H29N5O3. The van der Waals surface area contributed by atoms with Gasteiger partial charge in [-0.25, -0.2) is 0 Å². The van der Waals surface area contributed by atoms with Gasteiger partial charge in [-0.15, -0.1) is 0 Å². The van der Waals surface area contributed by atoms with Crippen LogP contribution in [0.15, 0.2) is 42.6 Å². The number of aromatic amines is 1. The number of rotatable bonds is 7. The summed E-state index contributed by atoms with van der Waals surface area (Å²) in [5, 5.41) is 6.51. The van der Waals surface area contributed by atoms with Crippen LogP contribution in [0.2, 0.25) is 0 Å². The van der Waals surface area contributed by atoms with Crippen molar-refractivity contribution in [1.82, 2.24) is 15.3 Å². The molecule has 0 bridgehead atoms. The summed E-state index contributed by atoms with van der Waals surface area (Å²) in [6.07, 6.45) is 8.67. The number of carbonyl (C=O) groups excluding carboxylic acids is 3. The van der Waals surface area contributed by atoms with E-state index in [1.165, 1.54) is 12.8 Å². The van der Waals surface area contributed by atoms with Crippen molar-refractivity contribution < 1.29 is 14.4 Å². The highest BCUT2D eigenvalue weighted by molar-refractivity contribution is 6.15. The zero-order valence-corrected chi connectivity index (χ0v) is 19.3. The van der Waals surface area contributed by atoms with Crippen molar-refractivity contribution in [2.24, 2.45) is 5.92 Å². The standard InChI is InChI=1S/C26H29N5O3/c1-31(22(32)14-16-6-2-3-7-16)18-11-12-19-21(15-18)29-24(23(19)26(34)28-17-9-10-17)30-25(33)20-8-4-5-13-27-20/h4-5,8,11-13,15-17,29H,2-3,6-7,9-10,14H2,1H3,(H,28,34)(H,30,33). The van der Waals surface area contributed by atoms with Gasteiger partial charge in [-0.05, 0) is 61.9 Å². The Labute approximate surface area is 198 Å². The van der Waals surface area contributed by atoms with Crippen LogP contribution in [0.25, 0.3) is 10.9 Å². The van der Waals surface area contributed by atoms with Gasteiger partial charge in [0.05, 0.1) is 5.56 Å². The van der Waals surface area contributed by atoms with Gasteiger partial charge in [-0.1, -0.05) is 18.9 Å². The number of hydrogen-bond acceptors (Lipinski definition) is 4. The van der Waals surface area contributed by atoms with E-state index >= 15 is 0 Å². The van der Waals surface area contributed by atoms with Crippen molar-refractivity contribution in [2.45, 2.75) is 51.0 Å². The maximum Gasteiger partial charge on any atom is 0.275 e. The van der Waals surface area contributed by atoms with Crippen LogP contribution >= 0.6 is 0 Å². The van der Waals surface area contributed by atoms with Crippen molar-refractivity contribution >= 4 is 40.1 Å². The van der Waals surface area contributed by atoms with Gasteiger partial charge in [0.1, 0.15) is 11.5 Å². The molecule has 2 aromatic heterocycles. The van der Waals surface area contributed by atoms with E-state index in [4.69, 9.17) is 0 Å². The molecule has 2 saturated carbocycles. The lowest BCUT2D eigenvalue weighted by molar-refractivity contribution is -0.119. The van der Waals surface area contributed by atoms with Gasteiger partial charge in [0.2, 0.25) is 5.91 Å². The fourth-order valence-corrected chi connectivity index (χ4v) is 4.63. The average molecular weight is 460 g/mol. The highest BCUT2D eigenvalue weighted by atomic mass is 16.2. The smallest absolute Gasteiger partial charge is 0.275 e. The lowest BCUT2D eigenvalue weighted by Gasteiger charge is -2.19. The predicted octanol–water partition coefficient (Wildman–Crippen LogP) is 4.25. The molecule has 3 amide bonds. The Bertz CT molecular complexity index is 1230. The fraction of sp³-hybridized carbons (Fsp3) is 0.385. The number of aromatic nitrogens is 2. The lowest BCUT2D eigenvalue weighted by Crippen LogP contribution is -2.27. The van der Waals surface area contributed by atoms with E-state index in [1.54, 1.807) is 36.3 Å². The SMILES string of the molecule is CN(C(=O)CC1CCCC1)c1ccc2c(C(=O)NC3CC3)c(NC(=O)c3ccccn3)[nH]c2c1. The summed E-state index contributed by atoms with van der Waals surface area (Å²) in [5.74, 6) is 0.240. The molecule has 2 aliphatic rings. The minimum atomic E-state index is -0.406. The molecule has 3 N–H and O–H groups in total. The summed E-state index contributed by atoms with van der Waals surface area (Å²) in [6, 6.07) is 10.8. The molecule has 8 heteroatoms. The van der Waals surface area contributed by atoms with Crippen LogP contribution in [-0.4, -0.2) is 40.8 Å². The van der Waals surface area contributed by atoms with E-state index in [2.05, 4.69) is 20.6 Å². The largest absolute Gasteiger partial charge is 0.349 e. The van der Waals surface area contributed by atoms with Gasteiger partial charge < -0.3 is 20.5 Å². The van der Waals surface area contributed by atoms with E-state index < -0.39 is 5.91 Å². The quantitative estimate of drug-likeness (QED) is 0.491. The van der Waals surface area contributed by atoms with Crippen molar-refractivity contribution in [3.63, 3.8) is 0 Å². The van der Waals surface area contributed by atoms with Crippen molar-refractivity contribution in [1.29, 1.82) is 0 Å². The first-order chi connectivity index (χ1) is 16.5. The number of amides is 3. The Morgan fingerprint density at radius 2 is 1.85 bits per heavy atom. The second kappa shape index (κ2) is 9.29. The van der Waals surface area contributed by atoms with Crippen LogP contribution in [0.5, 0.6) is 0 Å². The van der Waals surface area contributed by atoms with Gasteiger partial charge in [-0.2, -0.15) is 0 Å². The van der Waals surface area contributed by atoms with E-state index in [0.717, 1.165) is 31.4 Å². The maximum absolute atomic E-state index is 13.1. The summed E-state index contributed by atoms with van der Waals surface area (Å²) in [7, 11) is 1.78. The second-order valence-corrected chi connectivity index (χ2v) is 9.33. The van der Waals surface area contributed by atoms with E-state index in [0.29, 0.717) is 34.6 Å². The molecule has 0 saturated heterocycles. The molecule has 176 valence electrons. The second-order valence-electron chi connectivity index (χ2n) is 9.33. The molecule has 5 rings (SSSR count). The Hall–Kier alpha value is -3.68. The first kappa shape index (κ1) is 22.1. The third kappa shape index (κ3) is 4.66. The monoisotopic (exact) mass is 459 g/mol. The van der Waals surface area contributed by atoms with Gasteiger partial charge >= 0.3 is 0 Å². The third-order valence-corrected chi connectivity index (χ3v) is 6.76. The molecule has 0 unspecified atom stereocenters. The Kier molecular flexibility index (Phi) is 6.04. The number of H-pyrrole nitrogens is 1. The lowest BCUT2D eigenvalue weighted by atomic mass is 10.0. The number of pyridine rings is 1. The van der Waals surface area contributed by atoms with Gasteiger partial charge in [-0.3, -0.25) is 19.4 Å². The highest BCUT2D eigenvalue weighted by Gasteiger charge is 2.28. The van der Waals surface area contributed by atoms with Gasteiger partial charge in [0.15, 0.2) is 0 Å². The molecule has 2 heterocycles. The highest BCUT2D eigenvalue weighted by Crippen LogP contribution is 2.32. The number of hydrogen-bond donors (Lipinski definition) is 3. The number of nitrogens with zero attached hydrogens (tertiary/aromatic N) is 2. The van der Waals surface area contributed by atoms with Crippen molar-refractivity contribution in [2.75, 3.05) is 17.3 Å². The number of anilines is 2. The minimum Gasteiger partial charge on any atom is -0.349 e. The molecule has 2 fully saturated rings. The molecule has 34 heavy (non-hydrogen) atoms. The molecule has 8 nitrogen and oxygen atoms in total. The minimum absolute atomic E-state index is 0.0909. The van der Waals surface area contributed by atoms with E-state index in [1.807, 2.05) is 18.2 Å². The fourth-order valence-electron chi connectivity index (χ4n) is 4.63.